The molecule has 0 aliphatic heterocycles. The monoisotopic (exact) mass is 193 g/mol. The number of carbonyl (C=O) groups excluding carboxylic acids is 1. The molecule has 1 rings (SSSR count). The van der Waals surface area contributed by atoms with E-state index in [2.05, 4.69) is 4.98 Å². The fourth-order valence-corrected chi connectivity index (χ4v) is 1.28. The number of aromatic nitrogens is 1. The molecule has 0 fully saturated rings. The first kappa shape index (κ1) is 10.7. The van der Waals surface area contributed by atoms with Crippen molar-refractivity contribution in [3.63, 3.8) is 0 Å². The smallest absolute Gasteiger partial charge is 0.222 e. The van der Waals surface area contributed by atoms with E-state index in [1.54, 1.807) is 12.4 Å². The van der Waals surface area contributed by atoms with Crippen LogP contribution in [0.25, 0.3) is 0 Å². The molecular weight excluding hydrogens is 178 g/mol. The van der Waals surface area contributed by atoms with Crippen molar-refractivity contribution in [2.75, 3.05) is 6.54 Å². The molecular formula is C10H15N3O. The SMILES string of the molecule is Cc1ccncc1CC(CN)C(N)=O. The Morgan fingerprint density at radius 2 is 2.36 bits per heavy atom. The van der Waals surface area contributed by atoms with E-state index in [0.29, 0.717) is 6.42 Å². The Morgan fingerprint density at radius 3 is 2.86 bits per heavy atom. The summed E-state index contributed by atoms with van der Waals surface area (Å²) in [6, 6.07) is 1.91. The maximum Gasteiger partial charge on any atom is 0.222 e. The van der Waals surface area contributed by atoms with Crippen LogP contribution in [-0.4, -0.2) is 17.4 Å². The third-order valence-corrected chi connectivity index (χ3v) is 2.30. The fourth-order valence-electron chi connectivity index (χ4n) is 1.28. The normalized spacial score (nSPS) is 12.4. The van der Waals surface area contributed by atoms with Gasteiger partial charge in [-0.3, -0.25) is 9.78 Å². The van der Waals surface area contributed by atoms with Gasteiger partial charge in [0.1, 0.15) is 0 Å². The van der Waals surface area contributed by atoms with Crippen molar-refractivity contribution in [1.29, 1.82) is 0 Å². The zero-order chi connectivity index (χ0) is 10.6. The molecule has 0 saturated carbocycles. The van der Waals surface area contributed by atoms with Crippen molar-refractivity contribution in [3.05, 3.63) is 29.6 Å². The van der Waals surface area contributed by atoms with E-state index in [9.17, 15) is 4.79 Å². The van der Waals surface area contributed by atoms with Crippen LogP contribution < -0.4 is 11.5 Å². The fraction of sp³-hybridized carbons (Fsp3) is 0.400. The molecule has 4 heteroatoms. The number of aryl methyl sites for hydroxylation is 1. The summed E-state index contributed by atoms with van der Waals surface area (Å²) >= 11 is 0. The van der Waals surface area contributed by atoms with Crippen LogP contribution in [0.2, 0.25) is 0 Å². The third-order valence-electron chi connectivity index (χ3n) is 2.30. The van der Waals surface area contributed by atoms with Gasteiger partial charge in [-0.2, -0.15) is 0 Å². The molecule has 4 N–H and O–H groups in total. The van der Waals surface area contributed by atoms with Crippen LogP contribution in [0, 0.1) is 12.8 Å². The lowest BCUT2D eigenvalue weighted by molar-refractivity contribution is -0.121. The first-order valence-corrected chi connectivity index (χ1v) is 4.54. The molecule has 0 aliphatic carbocycles. The van der Waals surface area contributed by atoms with Gasteiger partial charge in [-0.05, 0) is 30.5 Å². The molecule has 0 aliphatic rings. The Kier molecular flexibility index (Phi) is 3.59. The van der Waals surface area contributed by atoms with Crippen LogP contribution in [0.1, 0.15) is 11.1 Å². The molecule has 14 heavy (non-hydrogen) atoms. The minimum absolute atomic E-state index is 0.281. The second-order valence-corrected chi connectivity index (χ2v) is 3.34. The van der Waals surface area contributed by atoms with E-state index in [4.69, 9.17) is 11.5 Å². The van der Waals surface area contributed by atoms with Crippen LogP contribution in [-0.2, 0) is 11.2 Å². The molecule has 1 aromatic rings. The van der Waals surface area contributed by atoms with Gasteiger partial charge in [-0.15, -0.1) is 0 Å². The zero-order valence-corrected chi connectivity index (χ0v) is 8.23. The quantitative estimate of drug-likeness (QED) is 0.705. The zero-order valence-electron chi connectivity index (χ0n) is 8.23. The van der Waals surface area contributed by atoms with Crippen molar-refractivity contribution in [2.24, 2.45) is 17.4 Å². The first-order chi connectivity index (χ1) is 6.65. The molecule has 0 radical (unpaired) electrons. The van der Waals surface area contributed by atoms with Crippen molar-refractivity contribution in [3.8, 4) is 0 Å². The molecule has 1 amide bonds. The van der Waals surface area contributed by atoms with Gasteiger partial charge in [0.2, 0.25) is 5.91 Å². The summed E-state index contributed by atoms with van der Waals surface area (Å²) in [6.07, 6.45) is 4.05. The Labute approximate surface area is 83.3 Å². The van der Waals surface area contributed by atoms with Gasteiger partial charge in [0.05, 0.1) is 5.92 Å². The number of pyridine rings is 1. The highest BCUT2D eigenvalue weighted by atomic mass is 16.1. The number of nitrogens with zero attached hydrogens (tertiary/aromatic N) is 1. The summed E-state index contributed by atoms with van der Waals surface area (Å²) in [5, 5.41) is 0. The summed E-state index contributed by atoms with van der Waals surface area (Å²) in [7, 11) is 0. The minimum atomic E-state index is -0.351. The standard InChI is InChI=1S/C10H15N3O/c1-7-2-3-13-6-9(7)4-8(5-11)10(12)14/h2-3,6,8H,4-5,11H2,1H3,(H2,12,14). The molecule has 1 atom stereocenters. The highest BCUT2D eigenvalue weighted by molar-refractivity contribution is 5.77. The summed E-state index contributed by atoms with van der Waals surface area (Å²) < 4.78 is 0. The van der Waals surface area contributed by atoms with Crippen LogP contribution in [0.15, 0.2) is 18.5 Å². The van der Waals surface area contributed by atoms with Gasteiger partial charge >= 0.3 is 0 Å². The number of hydrogen-bond acceptors (Lipinski definition) is 3. The summed E-state index contributed by atoms with van der Waals surface area (Å²) in [4.78, 5) is 15.0. The predicted octanol–water partition coefficient (Wildman–Crippen LogP) is -0.00728. The molecule has 1 aromatic heterocycles. The van der Waals surface area contributed by atoms with Gasteiger partial charge < -0.3 is 11.5 Å². The van der Waals surface area contributed by atoms with E-state index < -0.39 is 0 Å². The Hall–Kier alpha value is -1.42. The maximum absolute atomic E-state index is 11.0. The van der Waals surface area contributed by atoms with E-state index in [-0.39, 0.29) is 18.4 Å². The third kappa shape index (κ3) is 2.53. The number of nitrogens with two attached hydrogens (primary N) is 2. The van der Waals surface area contributed by atoms with Crippen LogP contribution in [0.5, 0.6) is 0 Å². The van der Waals surface area contributed by atoms with Crippen LogP contribution >= 0.6 is 0 Å². The Bertz CT molecular complexity index is 325. The molecule has 0 spiro atoms. The number of amides is 1. The Morgan fingerprint density at radius 1 is 1.64 bits per heavy atom. The molecule has 0 bridgehead atoms. The number of carbonyl (C=O) groups is 1. The van der Waals surface area contributed by atoms with Crippen LogP contribution in [0.4, 0.5) is 0 Å². The lowest BCUT2D eigenvalue weighted by Gasteiger charge is -2.11. The molecule has 0 aromatic carbocycles. The molecule has 1 unspecified atom stereocenters. The van der Waals surface area contributed by atoms with Gasteiger partial charge in [0.15, 0.2) is 0 Å². The number of rotatable bonds is 4. The Balaban J connectivity index is 2.77. The second-order valence-electron chi connectivity index (χ2n) is 3.34. The topological polar surface area (TPSA) is 82.0 Å². The average molecular weight is 193 g/mol. The van der Waals surface area contributed by atoms with Gasteiger partial charge in [0.25, 0.3) is 0 Å². The summed E-state index contributed by atoms with van der Waals surface area (Å²) in [6.45, 7) is 2.26. The number of primary amides is 1. The van der Waals surface area contributed by atoms with Gasteiger partial charge in [0, 0.05) is 18.9 Å². The second kappa shape index (κ2) is 4.72. The van der Waals surface area contributed by atoms with Crippen molar-refractivity contribution >= 4 is 5.91 Å². The summed E-state index contributed by atoms with van der Waals surface area (Å²) in [5.41, 5.74) is 12.8. The van der Waals surface area contributed by atoms with Crippen molar-refractivity contribution < 1.29 is 4.79 Å². The maximum atomic E-state index is 11.0. The predicted molar refractivity (Wildman–Crippen MR) is 54.4 cm³/mol. The first-order valence-electron chi connectivity index (χ1n) is 4.54. The van der Waals surface area contributed by atoms with E-state index in [1.807, 2.05) is 13.0 Å². The van der Waals surface area contributed by atoms with Crippen LogP contribution in [0.3, 0.4) is 0 Å². The molecule has 0 saturated heterocycles. The van der Waals surface area contributed by atoms with Crippen molar-refractivity contribution in [2.45, 2.75) is 13.3 Å². The van der Waals surface area contributed by atoms with Crippen molar-refractivity contribution in [1.82, 2.24) is 4.98 Å². The number of hydrogen-bond donors (Lipinski definition) is 2. The van der Waals surface area contributed by atoms with E-state index >= 15 is 0 Å². The van der Waals surface area contributed by atoms with E-state index in [0.717, 1.165) is 11.1 Å². The highest BCUT2D eigenvalue weighted by Crippen LogP contribution is 2.10. The molecule has 76 valence electrons. The largest absolute Gasteiger partial charge is 0.369 e. The summed E-state index contributed by atoms with van der Waals surface area (Å²) in [5.74, 6) is -0.645. The molecule has 1 heterocycles. The van der Waals surface area contributed by atoms with E-state index in [1.165, 1.54) is 0 Å². The average Bonchev–Trinajstić information content (AvgIpc) is 2.16. The van der Waals surface area contributed by atoms with Gasteiger partial charge in [-0.25, -0.2) is 0 Å². The minimum Gasteiger partial charge on any atom is -0.369 e. The lowest BCUT2D eigenvalue weighted by atomic mass is 9.97. The lowest BCUT2D eigenvalue weighted by Crippen LogP contribution is -2.31. The molecule has 4 nitrogen and oxygen atoms in total. The highest BCUT2D eigenvalue weighted by Gasteiger charge is 2.14. The van der Waals surface area contributed by atoms with Gasteiger partial charge in [-0.1, -0.05) is 0 Å².